The summed E-state index contributed by atoms with van der Waals surface area (Å²) >= 11 is 1.70. The molecule has 0 fully saturated rings. The number of hydrogen-bond acceptors (Lipinski definition) is 8. The molecule has 38 heavy (non-hydrogen) atoms. The number of ether oxygens (including phenoxy) is 3. The number of halogens is 2. The molecule has 1 aliphatic heterocycles. The Morgan fingerprint density at radius 2 is 2.00 bits per heavy atom. The van der Waals surface area contributed by atoms with Crippen LogP contribution in [-0.4, -0.2) is 40.6 Å². The zero-order chi connectivity index (χ0) is 27.9. The number of amides is 1. The van der Waals surface area contributed by atoms with Crippen molar-refractivity contribution in [3.63, 3.8) is 0 Å². The minimum atomic E-state index is -0.725. The van der Waals surface area contributed by atoms with E-state index in [-0.39, 0.29) is 30.1 Å². The molecule has 8 nitrogen and oxygen atoms in total. The first kappa shape index (κ1) is 29.0. The largest absolute Gasteiger partial charge is 0.493 e. The summed E-state index contributed by atoms with van der Waals surface area (Å²) < 4.78 is 44.8. The molecule has 204 valence electrons. The van der Waals surface area contributed by atoms with Gasteiger partial charge in [0.25, 0.3) is 0 Å². The van der Waals surface area contributed by atoms with Crippen LogP contribution in [0.3, 0.4) is 0 Å². The Morgan fingerprint density at radius 1 is 1.24 bits per heavy atom. The number of primary amides is 1. The Balaban J connectivity index is 0.000000436. The van der Waals surface area contributed by atoms with Crippen LogP contribution in [0, 0.1) is 11.6 Å². The van der Waals surface area contributed by atoms with E-state index in [2.05, 4.69) is 20.0 Å². The summed E-state index contributed by atoms with van der Waals surface area (Å²) in [6.45, 7) is 7.52. The molecule has 3 N–H and O–H groups in total. The first-order valence-electron chi connectivity index (χ1n) is 11.9. The summed E-state index contributed by atoms with van der Waals surface area (Å²) in [7, 11) is 0. The highest BCUT2D eigenvalue weighted by Gasteiger charge is 2.18. The first-order chi connectivity index (χ1) is 17.9. The van der Waals surface area contributed by atoms with Crippen molar-refractivity contribution >= 4 is 29.5 Å². The predicted molar refractivity (Wildman–Crippen MR) is 145 cm³/mol. The summed E-state index contributed by atoms with van der Waals surface area (Å²) in [5, 5.41) is 3.13. The third kappa shape index (κ3) is 8.76. The van der Waals surface area contributed by atoms with Crippen LogP contribution in [0.2, 0.25) is 0 Å². The summed E-state index contributed by atoms with van der Waals surface area (Å²) in [5.74, 6) is 0.892. The second-order valence-electron chi connectivity index (χ2n) is 9.55. The molecule has 0 spiro atoms. The molecule has 1 aliphatic rings. The average molecular weight is 547 g/mol. The molecule has 4 rings (SSSR count). The topological polar surface area (TPSA) is 109 Å². The molecule has 1 amide bonds. The fraction of sp³-hybridized carbons (Fsp3) is 0.370. The Bertz CT molecular complexity index is 1270. The molecule has 0 saturated heterocycles. The standard InChI is InChI=1S/C22H21F2N3O2S.C5H11NO2/c1-13-5-6-28-20-9-15(23)3-4-18(20)21-19(24)11-25-22(27-21)26-16-7-14(12-30-2)8-17(10-16)29-13;1-5(2,3)8-4(6)7/h3-4,7-11,13H,5-6,12H2,1-2H3,(H,25,26,27);1-3H3,(H2,6,7)/t13-;/m0./s1. The van der Waals surface area contributed by atoms with Crippen LogP contribution in [0.25, 0.3) is 11.3 Å². The minimum Gasteiger partial charge on any atom is -0.493 e. The normalized spacial score (nSPS) is 14.8. The van der Waals surface area contributed by atoms with E-state index >= 15 is 0 Å². The van der Waals surface area contributed by atoms with Gasteiger partial charge in [-0.1, -0.05) is 0 Å². The molecule has 11 heteroatoms. The molecule has 0 radical (unpaired) electrons. The quantitative estimate of drug-likeness (QED) is 0.377. The number of nitrogens with zero attached hydrogens (tertiary/aromatic N) is 2. The van der Waals surface area contributed by atoms with Crippen molar-refractivity contribution in [2.75, 3.05) is 18.2 Å². The lowest BCUT2D eigenvalue weighted by atomic mass is 10.1. The van der Waals surface area contributed by atoms with Gasteiger partial charge >= 0.3 is 6.09 Å². The second-order valence-corrected chi connectivity index (χ2v) is 10.4. The molecule has 3 aromatic rings. The lowest BCUT2D eigenvalue weighted by molar-refractivity contribution is 0.0600. The summed E-state index contributed by atoms with van der Waals surface area (Å²) in [6.07, 6.45) is 2.84. The van der Waals surface area contributed by atoms with E-state index in [9.17, 15) is 13.6 Å². The van der Waals surface area contributed by atoms with Crippen LogP contribution in [0.4, 0.5) is 25.2 Å². The maximum Gasteiger partial charge on any atom is 0.405 e. The van der Waals surface area contributed by atoms with E-state index in [0.717, 1.165) is 23.2 Å². The number of benzene rings is 2. The molecule has 0 saturated carbocycles. The monoisotopic (exact) mass is 546 g/mol. The van der Waals surface area contributed by atoms with Crippen molar-refractivity contribution < 1.29 is 27.8 Å². The van der Waals surface area contributed by atoms with E-state index in [1.165, 1.54) is 18.2 Å². The number of fused-ring (bicyclic) bond motifs is 6. The number of hydrogen-bond donors (Lipinski definition) is 2. The predicted octanol–water partition coefficient (Wildman–Crippen LogP) is 6.46. The lowest BCUT2D eigenvalue weighted by Crippen LogP contribution is -2.27. The molecular formula is C27H32F2N4O4S. The molecule has 1 atom stereocenters. The van der Waals surface area contributed by atoms with Crippen LogP contribution in [0.5, 0.6) is 11.5 Å². The van der Waals surface area contributed by atoms with Crippen molar-refractivity contribution in [2.24, 2.45) is 5.73 Å². The molecule has 2 heterocycles. The number of anilines is 2. The van der Waals surface area contributed by atoms with Gasteiger partial charge in [0.2, 0.25) is 5.95 Å². The highest BCUT2D eigenvalue weighted by Crippen LogP contribution is 2.33. The number of carbonyl (C=O) groups is 1. The zero-order valence-electron chi connectivity index (χ0n) is 22.0. The van der Waals surface area contributed by atoms with Crippen molar-refractivity contribution in [1.82, 2.24) is 9.97 Å². The molecule has 4 bridgehead atoms. The van der Waals surface area contributed by atoms with Crippen molar-refractivity contribution in [2.45, 2.75) is 51.6 Å². The van der Waals surface area contributed by atoms with E-state index in [4.69, 9.17) is 15.2 Å². The van der Waals surface area contributed by atoms with E-state index in [1.807, 2.05) is 31.4 Å². The Morgan fingerprint density at radius 3 is 2.66 bits per heavy atom. The fourth-order valence-electron chi connectivity index (χ4n) is 3.54. The Hall–Kier alpha value is -3.60. The van der Waals surface area contributed by atoms with Crippen molar-refractivity contribution in [1.29, 1.82) is 0 Å². The van der Waals surface area contributed by atoms with E-state index < -0.39 is 23.3 Å². The van der Waals surface area contributed by atoms with Gasteiger partial charge in [-0.15, -0.1) is 0 Å². The third-order valence-electron chi connectivity index (χ3n) is 5.00. The molecule has 0 aliphatic carbocycles. The highest BCUT2D eigenvalue weighted by atomic mass is 32.2. The number of nitrogens with two attached hydrogens (primary N) is 1. The molecule has 2 aromatic carbocycles. The van der Waals surface area contributed by atoms with E-state index in [1.54, 1.807) is 32.5 Å². The lowest BCUT2D eigenvalue weighted by Gasteiger charge is -2.19. The van der Waals surface area contributed by atoms with Crippen LogP contribution in [0.15, 0.2) is 42.6 Å². The average Bonchev–Trinajstić information content (AvgIpc) is 2.79. The van der Waals surface area contributed by atoms with Gasteiger partial charge in [-0.3, -0.25) is 0 Å². The Kier molecular flexibility index (Phi) is 9.73. The number of nitrogens with one attached hydrogen (secondary N) is 1. The van der Waals surface area contributed by atoms with E-state index in [0.29, 0.717) is 17.7 Å². The van der Waals surface area contributed by atoms with Crippen molar-refractivity contribution in [3.05, 3.63) is 59.8 Å². The van der Waals surface area contributed by atoms with Crippen LogP contribution in [0.1, 0.15) is 39.7 Å². The fourth-order valence-corrected chi connectivity index (χ4v) is 4.04. The number of rotatable bonds is 2. The number of aromatic nitrogens is 2. The smallest absolute Gasteiger partial charge is 0.405 e. The van der Waals surface area contributed by atoms with Crippen LogP contribution >= 0.6 is 11.8 Å². The van der Waals surface area contributed by atoms with Gasteiger partial charge in [0.1, 0.15) is 28.6 Å². The molecular weight excluding hydrogens is 514 g/mol. The SMILES string of the molecule is CC(C)(C)OC(N)=O.CSCc1cc2cc(c1)O[C@@H](C)CCOc1cc(F)ccc1-c1nc(ncc1F)N2. The maximum atomic E-state index is 14.6. The van der Waals surface area contributed by atoms with Gasteiger partial charge in [-0.05, 0) is 63.8 Å². The van der Waals surface area contributed by atoms with Gasteiger partial charge in [0.15, 0.2) is 5.82 Å². The zero-order valence-corrected chi connectivity index (χ0v) is 22.8. The summed E-state index contributed by atoms with van der Waals surface area (Å²) in [6, 6.07) is 9.79. The van der Waals surface area contributed by atoms with Crippen molar-refractivity contribution in [3.8, 4) is 22.8 Å². The molecule has 0 unspecified atom stereocenters. The van der Waals surface area contributed by atoms with Gasteiger partial charge in [0, 0.05) is 35.6 Å². The maximum absolute atomic E-state index is 14.6. The number of thioether (sulfide) groups is 1. The summed E-state index contributed by atoms with van der Waals surface area (Å²) in [5.41, 5.74) is 6.50. The minimum absolute atomic E-state index is 0.0457. The first-order valence-corrected chi connectivity index (χ1v) is 13.3. The number of carbonyl (C=O) groups excluding carboxylic acids is 1. The Labute approximate surface area is 225 Å². The third-order valence-corrected chi connectivity index (χ3v) is 5.62. The van der Waals surface area contributed by atoms with Gasteiger partial charge in [-0.2, -0.15) is 11.8 Å². The van der Waals surface area contributed by atoms with Crippen LogP contribution < -0.4 is 20.5 Å². The van der Waals surface area contributed by atoms with Gasteiger partial charge in [0.05, 0.1) is 18.9 Å². The molecule has 1 aromatic heterocycles. The second kappa shape index (κ2) is 12.8. The van der Waals surface area contributed by atoms with Gasteiger partial charge in [-0.25, -0.2) is 23.5 Å². The summed E-state index contributed by atoms with van der Waals surface area (Å²) in [4.78, 5) is 18.4. The highest BCUT2D eigenvalue weighted by molar-refractivity contribution is 7.97. The van der Waals surface area contributed by atoms with Gasteiger partial charge < -0.3 is 25.3 Å². The van der Waals surface area contributed by atoms with Crippen LogP contribution in [-0.2, 0) is 10.5 Å².